The molecule has 0 saturated heterocycles. The van der Waals surface area contributed by atoms with E-state index in [1.54, 1.807) is 0 Å². The van der Waals surface area contributed by atoms with Gasteiger partial charge < -0.3 is 5.11 Å². The first-order valence-electron chi connectivity index (χ1n) is 6.00. The molecular weight excluding hydrogens is 276 g/mol. The number of unbranched alkanes of at least 4 members (excludes halogenated alkanes) is 2. The van der Waals surface area contributed by atoms with Crippen molar-refractivity contribution in [2.75, 3.05) is 6.54 Å². The summed E-state index contributed by atoms with van der Waals surface area (Å²) in [5, 5.41) is 8.88. The zero-order valence-electron chi connectivity index (χ0n) is 10.6. The van der Waals surface area contributed by atoms with E-state index in [-0.39, 0.29) is 12.1 Å². The van der Waals surface area contributed by atoms with Gasteiger partial charge in [-0.05, 0) is 24.1 Å². The molecule has 0 heterocycles. The number of hydrogen-bond donors (Lipinski definition) is 2. The molecular formula is C12H17F2NO3S. The van der Waals surface area contributed by atoms with Crippen molar-refractivity contribution in [2.45, 2.75) is 37.7 Å². The van der Waals surface area contributed by atoms with Gasteiger partial charge >= 0.3 is 0 Å². The Labute approximate surface area is 111 Å². The lowest BCUT2D eigenvalue weighted by Crippen LogP contribution is -2.26. The smallest absolute Gasteiger partial charge is 0.243 e. The molecule has 0 amide bonds. The van der Waals surface area contributed by atoms with Crippen LogP contribution in [0.1, 0.15) is 31.7 Å². The Kier molecular flexibility index (Phi) is 5.84. The van der Waals surface area contributed by atoms with Crippen LogP contribution < -0.4 is 4.72 Å². The summed E-state index contributed by atoms with van der Waals surface area (Å²) in [7, 11) is -4.10. The average Bonchev–Trinajstić information content (AvgIpc) is 2.37. The molecule has 0 aliphatic heterocycles. The van der Waals surface area contributed by atoms with Gasteiger partial charge in [-0.15, -0.1) is 0 Å². The fourth-order valence-electron chi connectivity index (χ4n) is 1.56. The molecule has 4 nitrogen and oxygen atoms in total. The SMILES string of the molecule is CCCCCNS(=O)(=O)c1cc(CO)cc(F)c1F. The fourth-order valence-corrected chi connectivity index (χ4v) is 2.77. The second-order valence-corrected chi connectivity index (χ2v) is 5.89. The minimum absolute atomic E-state index is 0.00725. The zero-order chi connectivity index (χ0) is 14.5. The molecule has 0 radical (unpaired) electrons. The summed E-state index contributed by atoms with van der Waals surface area (Å²) in [6.45, 7) is 1.57. The predicted octanol–water partition coefficient (Wildman–Crippen LogP) is 1.93. The van der Waals surface area contributed by atoms with Crippen LogP contribution in [0.25, 0.3) is 0 Å². The van der Waals surface area contributed by atoms with Crippen molar-refractivity contribution in [3.63, 3.8) is 0 Å². The number of hydrogen-bond acceptors (Lipinski definition) is 3. The van der Waals surface area contributed by atoms with E-state index in [4.69, 9.17) is 5.11 Å². The van der Waals surface area contributed by atoms with Crippen LogP contribution in [0.3, 0.4) is 0 Å². The molecule has 1 rings (SSSR count). The second kappa shape index (κ2) is 6.93. The van der Waals surface area contributed by atoms with Crippen LogP contribution in [0.4, 0.5) is 8.78 Å². The quantitative estimate of drug-likeness (QED) is 0.755. The van der Waals surface area contributed by atoms with Gasteiger partial charge in [0.25, 0.3) is 0 Å². The minimum atomic E-state index is -4.10. The van der Waals surface area contributed by atoms with Crippen LogP contribution in [0.15, 0.2) is 17.0 Å². The molecule has 0 unspecified atom stereocenters. The van der Waals surface area contributed by atoms with Crippen LogP contribution >= 0.6 is 0 Å². The summed E-state index contributed by atoms with van der Waals surface area (Å²) in [5.74, 6) is -2.72. The van der Waals surface area contributed by atoms with Gasteiger partial charge in [0.05, 0.1) is 6.61 Å². The van der Waals surface area contributed by atoms with Crippen molar-refractivity contribution in [1.82, 2.24) is 4.72 Å². The third-order valence-corrected chi connectivity index (χ3v) is 4.06. The molecule has 1 aromatic rings. The van der Waals surface area contributed by atoms with Gasteiger partial charge in [0.15, 0.2) is 11.6 Å². The maximum Gasteiger partial charge on any atom is 0.243 e. The van der Waals surface area contributed by atoms with Crippen molar-refractivity contribution in [2.24, 2.45) is 0 Å². The Hall–Kier alpha value is -1.05. The lowest BCUT2D eigenvalue weighted by atomic mass is 10.2. The number of halogens is 2. The van der Waals surface area contributed by atoms with Gasteiger partial charge in [-0.25, -0.2) is 21.9 Å². The highest BCUT2D eigenvalue weighted by Gasteiger charge is 2.22. The third-order valence-electron chi connectivity index (χ3n) is 2.60. The van der Waals surface area contributed by atoms with E-state index >= 15 is 0 Å². The molecule has 0 spiro atoms. The van der Waals surface area contributed by atoms with Gasteiger partial charge in [0.1, 0.15) is 4.90 Å². The molecule has 0 bridgehead atoms. The highest BCUT2D eigenvalue weighted by molar-refractivity contribution is 7.89. The summed E-state index contributed by atoms with van der Waals surface area (Å²) in [4.78, 5) is -0.770. The molecule has 0 aromatic heterocycles. The largest absolute Gasteiger partial charge is 0.392 e. The van der Waals surface area contributed by atoms with Crippen LogP contribution in [-0.4, -0.2) is 20.1 Å². The van der Waals surface area contributed by atoms with Crippen molar-refractivity contribution in [3.05, 3.63) is 29.3 Å². The first-order chi connectivity index (χ1) is 8.92. The van der Waals surface area contributed by atoms with E-state index in [1.165, 1.54) is 0 Å². The van der Waals surface area contributed by atoms with E-state index in [2.05, 4.69) is 4.72 Å². The number of benzene rings is 1. The molecule has 2 N–H and O–H groups in total. The molecule has 108 valence electrons. The molecule has 0 aliphatic rings. The molecule has 7 heteroatoms. The Morgan fingerprint density at radius 2 is 1.95 bits per heavy atom. The summed E-state index contributed by atoms with van der Waals surface area (Å²) in [6.07, 6.45) is 2.39. The van der Waals surface area contributed by atoms with Gasteiger partial charge in [-0.3, -0.25) is 0 Å². The van der Waals surface area contributed by atoms with E-state index in [1.807, 2.05) is 6.92 Å². The van der Waals surface area contributed by atoms with Crippen molar-refractivity contribution in [3.8, 4) is 0 Å². The lowest BCUT2D eigenvalue weighted by molar-refractivity contribution is 0.280. The highest BCUT2D eigenvalue weighted by Crippen LogP contribution is 2.20. The third kappa shape index (κ3) is 4.22. The van der Waals surface area contributed by atoms with Crippen LogP contribution in [-0.2, 0) is 16.6 Å². The van der Waals surface area contributed by atoms with Gasteiger partial charge in [-0.1, -0.05) is 19.8 Å². The van der Waals surface area contributed by atoms with E-state index in [0.29, 0.717) is 6.42 Å². The zero-order valence-corrected chi connectivity index (χ0v) is 11.4. The number of sulfonamides is 1. The number of rotatable bonds is 7. The van der Waals surface area contributed by atoms with Crippen LogP contribution in [0, 0.1) is 11.6 Å². The maximum atomic E-state index is 13.5. The molecule has 0 atom stereocenters. The van der Waals surface area contributed by atoms with Gasteiger partial charge in [-0.2, -0.15) is 0 Å². The average molecular weight is 293 g/mol. The fraction of sp³-hybridized carbons (Fsp3) is 0.500. The standard InChI is InChI=1S/C12H17F2NO3S/c1-2-3-4-5-15-19(17,18)11-7-9(8-16)6-10(13)12(11)14/h6-7,15-16H,2-5,8H2,1H3. The van der Waals surface area contributed by atoms with Crippen LogP contribution in [0.5, 0.6) is 0 Å². The molecule has 0 fully saturated rings. The van der Waals surface area contributed by atoms with Gasteiger partial charge in [0, 0.05) is 6.54 Å². The van der Waals surface area contributed by atoms with E-state index < -0.39 is 33.2 Å². The Morgan fingerprint density at radius 1 is 1.26 bits per heavy atom. The van der Waals surface area contributed by atoms with Crippen molar-refractivity contribution < 1.29 is 22.3 Å². The first kappa shape index (κ1) is 16.0. The Bertz CT molecular complexity index is 532. The molecule has 0 aliphatic carbocycles. The van der Waals surface area contributed by atoms with Crippen LogP contribution in [0.2, 0.25) is 0 Å². The molecule has 19 heavy (non-hydrogen) atoms. The second-order valence-electron chi connectivity index (χ2n) is 4.15. The monoisotopic (exact) mass is 293 g/mol. The first-order valence-corrected chi connectivity index (χ1v) is 7.49. The van der Waals surface area contributed by atoms with E-state index in [9.17, 15) is 17.2 Å². The predicted molar refractivity (Wildman–Crippen MR) is 67.0 cm³/mol. The summed E-state index contributed by atoms with van der Waals surface area (Å²) in [5.41, 5.74) is 0.00725. The summed E-state index contributed by atoms with van der Waals surface area (Å²) in [6, 6.07) is 1.70. The number of nitrogens with one attached hydrogen (secondary N) is 1. The number of aliphatic hydroxyl groups is 1. The van der Waals surface area contributed by atoms with Crippen molar-refractivity contribution >= 4 is 10.0 Å². The summed E-state index contributed by atoms with van der Waals surface area (Å²) >= 11 is 0. The summed E-state index contributed by atoms with van der Waals surface area (Å²) < 4.78 is 52.6. The molecule has 0 saturated carbocycles. The maximum absolute atomic E-state index is 13.5. The van der Waals surface area contributed by atoms with Gasteiger partial charge in [0.2, 0.25) is 10.0 Å². The molecule has 1 aromatic carbocycles. The Morgan fingerprint density at radius 3 is 2.53 bits per heavy atom. The highest BCUT2D eigenvalue weighted by atomic mass is 32.2. The van der Waals surface area contributed by atoms with Crippen molar-refractivity contribution in [1.29, 1.82) is 0 Å². The topological polar surface area (TPSA) is 66.4 Å². The minimum Gasteiger partial charge on any atom is -0.392 e. The Balaban J connectivity index is 2.97. The normalized spacial score (nSPS) is 11.8. The number of aliphatic hydroxyl groups excluding tert-OH is 1. The van der Waals surface area contributed by atoms with E-state index in [0.717, 1.165) is 25.0 Å². The lowest BCUT2D eigenvalue weighted by Gasteiger charge is -2.09.